The summed E-state index contributed by atoms with van der Waals surface area (Å²) in [6.45, 7) is 2.45. The fourth-order valence-electron chi connectivity index (χ4n) is 1.67. The molecule has 17 heavy (non-hydrogen) atoms. The van der Waals surface area contributed by atoms with E-state index in [1.165, 1.54) is 0 Å². The largest absolute Gasteiger partial charge is 0.481 e. The third-order valence-electron chi connectivity index (χ3n) is 2.62. The molecule has 1 aromatic carbocycles. The van der Waals surface area contributed by atoms with Gasteiger partial charge in [-0.05, 0) is 31.0 Å². The van der Waals surface area contributed by atoms with Crippen molar-refractivity contribution >= 4 is 11.7 Å². The van der Waals surface area contributed by atoms with Gasteiger partial charge in [0.2, 0.25) is 0 Å². The number of aliphatic hydroxyl groups is 1. The van der Waals surface area contributed by atoms with Crippen molar-refractivity contribution < 1.29 is 15.0 Å². The smallest absolute Gasteiger partial charge is 0.303 e. The van der Waals surface area contributed by atoms with E-state index in [1.54, 1.807) is 0 Å². The van der Waals surface area contributed by atoms with Crippen molar-refractivity contribution in [1.82, 2.24) is 0 Å². The number of carboxylic acid groups (broad SMARTS) is 1. The van der Waals surface area contributed by atoms with Crippen LogP contribution in [0, 0.1) is 6.92 Å². The number of anilines is 1. The summed E-state index contributed by atoms with van der Waals surface area (Å²) in [7, 11) is 1.89. The second-order valence-electron chi connectivity index (χ2n) is 4.31. The van der Waals surface area contributed by atoms with E-state index < -0.39 is 12.1 Å². The molecule has 1 atom stereocenters. The van der Waals surface area contributed by atoms with E-state index in [1.807, 2.05) is 43.1 Å². The molecule has 0 radical (unpaired) electrons. The van der Waals surface area contributed by atoms with Gasteiger partial charge in [0.25, 0.3) is 0 Å². The minimum Gasteiger partial charge on any atom is -0.481 e. The standard InChI is InChI=1S/C13H19NO3/c1-10-4-3-5-11(8-10)14(2)9-12(15)6-7-13(16)17/h3-5,8,12,15H,6-7,9H2,1-2H3,(H,16,17). The molecule has 0 saturated heterocycles. The van der Waals surface area contributed by atoms with Gasteiger partial charge in [-0.1, -0.05) is 12.1 Å². The summed E-state index contributed by atoms with van der Waals surface area (Å²) in [5.41, 5.74) is 2.19. The van der Waals surface area contributed by atoms with Gasteiger partial charge in [-0.2, -0.15) is 0 Å². The van der Waals surface area contributed by atoms with Crippen molar-refractivity contribution in [3.05, 3.63) is 29.8 Å². The number of aryl methyl sites for hydroxylation is 1. The van der Waals surface area contributed by atoms with E-state index in [4.69, 9.17) is 5.11 Å². The van der Waals surface area contributed by atoms with Crippen LogP contribution in [0.4, 0.5) is 5.69 Å². The van der Waals surface area contributed by atoms with Crippen molar-refractivity contribution in [2.24, 2.45) is 0 Å². The highest BCUT2D eigenvalue weighted by Gasteiger charge is 2.10. The molecular formula is C13H19NO3. The molecule has 1 rings (SSSR count). The zero-order valence-electron chi connectivity index (χ0n) is 10.3. The summed E-state index contributed by atoms with van der Waals surface area (Å²) in [5.74, 6) is -0.873. The lowest BCUT2D eigenvalue weighted by Crippen LogP contribution is -2.29. The van der Waals surface area contributed by atoms with Crippen LogP contribution in [0.5, 0.6) is 0 Å². The van der Waals surface area contributed by atoms with Crippen molar-refractivity contribution in [1.29, 1.82) is 0 Å². The first kappa shape index (κ1) is 13.5. The quantitative estimate of drug-likeness (QED) is 0.790. The zero-order chi connectivity index (χ0) is 12.8. The van der Waals surface area contributed by atoms with Crippen LogP contribution in [-0.4, -0.2) is 35.9 Å². The topological polar surface area (TPSA) is 60.8 Å². The Bertz CT molecular complexity index is 379. The van der Waals surface area contributed by atoms with Crippen LogP contribution in [0.25, 0.3) is 0 Å². The second-order valence-corrected chi connectivity index (χ2v) is 4.31. The van der Waals surface area contributed by atoms with Crippen LogP contribution >= 0.6 is 0 Å². The maximum absolute atomic E-state index is 10.4. The number of hydrogen-bond acceptors (Lipinski definition) is 3. The van der Waals surface area contributed by atoms with Crippen molar-refractivity contribution in [2.45, 2.75) is 25.9 Å². The summed E-state index contributed by atoms with van der Waals surface area (Å²) in [6.07, 6.45) is -0.328. The number of nitrogens with zero attached hydrogens (tertiary/aromatic N) is 1. The molecule has 0 bridgehead atoms. The highest BCUT2D eigenvalue weighted by atomic mass is 16.4. The van der Waals surface area contributed by atoms with Gasteiger partial charge in [0.05, 0.1) is 6.10 Å². The maximum Gasteiger partial charge on any atom is 0.303 e. The molecular weight excluding hydrogens is 218 g/mol. The predicted octanol–water partition coefficient (Wildman–Crippen LogP) is 1.66. The lowest BCUT2D eigenvalue weighted by Gasteiger charge is -2.22. The molecule has 0 amide bonds. The van der Waals surface area contributed by atoms with Gasteiger partial charge >= 0.3 is 5.97 Å². The Balaban J connectivity index is 2.48. The Morgan fingerprint density at radius 1 is 1.47 bits per heavy atom. The van der Waals surface area contributed by atoms with E-state index in [-0.39, 0.29) is 12.8 Å². The van der Waals surface area contributed by atoms with Crippen molar-refractivity contribution in [3.8, 4) is 0 Å². The van der Waals surface area contributed by atoms with E-state index in [0.717, 1.165) is 11.3 Å². The molecule has 4 heteroatoms. The highest BCUT2D eigenvalue weighted by molar-refractivity contribution is 5.66. The van der Waals surface area contributed by atoms with E-state index in [0.29, 0.717) is 6.54 Å². The van der Waals surface area contributed by atoms with Gasteiger partial charge in [0, 0.05) is 25.7 Å². The second kappa shape index (κ2) is 6.25. The molecule has 0 spiro atoms. The molecule has 1 unspecified atom stereocenters. The SMILES string of the molecule is Cc1cccc(N(C)CC(O)CCC(=O)O)c1. The number of rotatable bonds is 6. The average Bonchev–Trinajstić information content (AvgIpc) is 2.26. The summed E-state index contributed by atoms with van der Waals surface area (Å²) in [4.78, 5) is 12.3. The highest BCUT2D eigenvalue weighted by Crippen LogP contribution is 2.15. The molecule has 0 aliphatic rings. The Kier molecular flexibility index (Phi) is 4.97. The van der Waals surface area contributed by atoms with Gasteiger partial charge in [-0.15, -0.1) is 0 Å². The number of likely N-dealkylation sites (N-methyl/N-ethyl adjacent to an activating group) is 1. The molecule has 0 aliphatic heterocycles. The molecule has 4 nitrogen and oxygen atoms in total. The first-order chi connectivity index (χ1) is 7.99. The molecule has 1 aromatic rings. The van der Waals surface area contributed by atoms with Gasteiger partial charge < -0.3 is 15.1 Å². The van der Waals surface area contributed by atoms with E-state index in [2.05, 4.69) is 0 Å². The van der Waals surface area contributed by atoms with Crippen LogP contribution in [-0.2, 0) is 4.79 Å². The first-order valence-electron chi connectivity index (χ1n) is 5.66. The number of hydrogen-bond donors (Lipinski definition) is 2. The number of carboxylic acids is 1. The van der Waals surface area contributed by atoms with Gasteiger partial charge in [0.1, 0.15) is 0 Å². The summed E-state index contributed by atoms with van der Waals surface area (Å²) >= 11 is 0. The zero-order valence-corrected chi connectivity index (χ0v) is 10.3. The Morgan fingerprint density at radius 3 is 2.76 bits per heavy atom. The van der Waals surface area contributed by atoms with Gasteiger partial charge in [-0.3, -0.25) is 4.79 Å². The normalized spacial score (nSPS) is 12.2. The molecule has 0 heterocycles. The Hall–Kier alpha value is -1.55. The minimum absolute atomic E-state index is 0.00280. The third kappa shape index (κ3) is 4.87. The minimum atomic E-state index is -0.873. The average molecular weight is 237 g/mol. The number of aliphatic hydroxyl groups excluding tert-OH is 1. The van der Waals surface area contributed by atoms with Gasteiger partial charge in [-0.25, -0.2) is 0 Å². The lowest BCUT2D eigenvalue weighted by atomic mass is 10.1. The van der Waals surface area contributed by atoms with Crippen molar-refractivity contribution in [2.75, 3.05) is 18.5 Å². The summed E-state index contributed by atoms with van der Waals surface area (Å²) < 4.78 is 0. The monoisotopic (exact) mass is 237 g/mol. The Morgan fingerprint density at radius 2 is 2.18 bits per heavy atom. The van der Waals surface area contributed by atoms with Crippen LogP contribution in [0.1, 0.15) is 18.4 Å². The molecule has 0 saturated carbocycles. The summed E-state index contributed by atoms with van der Waals surface area (Å²) in [6, 6.07) is 7.98. The number of carbonyl (C=O) groups is 1. The molecule has 0 aliphatic carbocycles. The number of aliphatic carboxylic acids is 1. The molecule has 0 aromatic heterocycles. The number of benzene rings is 1. The van der Waals surface area contributed by atoms with Gasteiger partial charge in [0.15, 0.2) is 0 Å². The summed E-state index contributed by atoms with van der Waals surface area (Å²) in [5, 5.41) is 18.2. The maximum atomic E-state index is 10.4. The first-order valence-corrected chi connectivity index (χ1v) is 5.66. The van der Waals surface area contributed by atoms with Crippen LogP contribution in [0.15, 0.2) is 24.3 Å². The molecule has 2 N–H and O–H groups in total. The third-order valence-corrected chi connectivity index (χ3v) is 2.62. The fraction of sp³-hybridized carbons (Fsp3) is 0.462. The lowest BCUT2D eigenvalue weighted by molar-refractivity contribution is -0.137. The van der Waals surface area contributed by atoms with Crippen LogP contribution < -0.4 is 4.90 Å². The predicted molar refractivity (Wildman–Crippen MR) is 67.3 cm³/mol. The fourth-order valence-corrected chi connectivity index (χ4v) is 1.67. The molecule has 0 fully saturated rings. The van der Waals surface area contributed by atoms with Crippen LogP contribution in [0.3, 0.4) is 0 Å². The Labute approximate surface area is 101 Å². The van der Waals surface area contributed by atoms with E-state index >= 15 is 0 Å². The van der Waals surface area contributed by atoms with E-state index in [9.17, 15) is 9.90 Å². The van der Waals surface area contributed by atoms with Crippen LogP contribution in [0.2, 0.25) is 0 Å². The molecule has 94 valence electrons. The van der Waals surface area contributed by atoms with Crippen molar-refractivity contribution in [3.63, 3.8) is 0 Å².